The minimum Gasteiger partial charge on any atom is -0.345 e. The molecule has 1 unspecified atom stereocenters. The van der Waals surface area contributed by atoms with Crippen LogP contribution < -0.4 is 16.6 Å². The smallest absolute Gasteiger partial charge is 0.252 e. The Bertz CT molecular complexity index is 721. The predicted octanol–water partition coefficient (Wildman–Crippen LogP) is 1.63. The summed E-state index contributed by atoms with van der Waals surface area (Å²) in [6.45, 7) is 6.24. The zero-order chi connectivity index (χ0) is 15.6. The van der Waals surface area contributed by atoms with E-state index in [0.717, 1.165) is 5.39 Å². The van der Waals surface area contributed by atoms with Crippen LogP contribution in [-0.2, 0) is 0 Å². The number of nitrogens with one attached hydrogen (secondary N) is 2. The van der Waals surface area contributed by atoms with Gasteiger partial charge in [0.15, 0.2) is 0 Å². The summed E-state index contributed by atoms with van der Waals surface area (Å²) in [6, 6.07) is 8.57. The largest absolute Gasteiger partial charge is 0.345 e. The van der Waals surface area contributed by atoms with Crippen LogP contribution in [0.3, 0.4) is 0 Å². The molecular weight excluding hydrogens is 266 g/mol. The van der Waals surface area contributed by atoms with Crippen LogP contribution in [0, 0.1) is 5.92 Å². The van der Waals surface area contributed by atoms with Gasteiger partial charge in [0.25, 0.3) is 5.91 Å². The molecule has 21 heavy (non-hydrogen) atoms. The fraction of sp³-hybridized carbons (Fsp3) is 0.375. The highest BCUT2D eigenvalue weighted by atomic mass is 16.2. The highest BCUT2D eigenvalue weighted by Crippen LogP contribution is 2.18. The third-order valence-corrected chi connectivity index (χ3v) is 4.09. The molecule has 1 amide bonds. The Morgan fingerprint density at radius 1 is 1.38 bits per heavy atom. The number of H-pyrrole nitrogens is 1. The van der Waals surface area contributed by atoms with Gasteiger partial charge in [-0.1, -0.05) is 32.0 Å². The summed E-state index contributed by atoms with van der Waals surface area (Å²) >= 11 is 0. The van der Waals surface area contributed by atoms with Gasteiger partial charge in [-0.2, -0.15) is 0 Å². The normalized spacial score (nSPS) is 14.1. The molecule has 1 atom stereocenters. The summed E-state index contributed by atoms with van der Waals surface area (Å²) in [5, 5.41) is 3.68. The van der Waals surface area contributed by atoms with Gasteiger partial charge >= 0.3 is 0 Å². The minimum atomic E-state index is -0.513. The van der Waals surface area contributed by atoms with Crippen LogP contribution in [0.25, 0.3) is 10.9 Å². The summed E-state index contributed by atoms with van der Waals surface area (Å²) < 4.78 is 0. The van der Waals surface area contributed by atoms with E-state index in [4.69, 9.17) is 5.73 Å². The molecule has 1 heterocycles. The van der Waals surface area contributed by atoms with E-state index < -0.39 is 5.54 Å². The summed E-state index contributed by atoms with van der Waals surface area (Å²) in [5.74, 6) is -0.0985. The number of hydrogen-bond donors (Lipinski definition) is 3. The number of amides is 1. The van der Waals surface area contributed by atoms with Crippen molar-refractivity contribution in [3.63, 3.8) is 0 Å². The van der Waals surface area contributed by atoms with Crippen molar-refractivity contribution in [3.8, 4) is 0 Å². The first-order valence-electron chi connectivity index (χ1n) is 7.02. The molecule has 1 aromatic carbocycles. The van der Waals surface area contributed by atoms with Crippen molar-refractivity contribution in [2.75, 3.05) is 6.54 Å². The maximum Gasteiger partial charge on any atom is 0.252 e. The van der Waals surface area contributed by atoms with E-state index >= 15 is 0 Å². The fourth-order valence-electron chi connectivity index (χ4n) is 2.15. The van der Waals surface area contributed by atoms with Gasteiger partial charge in [-0.15, -0.1) is 0 Å². The standard InChI is InChI=1S/C16H21N3O2/c1-10(2)16(3,9-17)19-15(21)12-8-14(20)18-13-7-5-4-6-11(12)13/h4-8,10H,9,17H2,1-3H3,(H,18,20)(H,19,21). The van der Waals surface area contributed by atoms with Crippen LogP contribution in [0.2, 0.25) is 0 Å². The Morgan fingerprint density at radius 2 is 2.05 bits per heavy atom. The lowest BCUT2D eigenvalue weighted by Crippen LogP contribution is -2.55. The van der Waals surface area contributed by atoms with Crippen molar-refractivity contribution < 1.29 is 4.79 Å². The van der Waals surface area contributed by atoms with Gasteiger partial charge in [-0.05, 0) is 18.9 Å². The summed E-state index contributed by atoms with van der Waals surface area (Å²) in [4.78, 5) is 27.0. The topological polar surface area (TPSA) is 88.0 Å². The first kappa shape index (κ1) is 15.3. The van der Waals surface area contributed by atoms with E-state index in [9.17, 15) is 9.59 Å². The fourth-order valence-corrected chi connectivity index (χ4v) is 2.15. The zero-order valence-electron chi connectivity index (χ0n) is 12.6. The van der Waals surface area contributed by atoms with Crippen molar-refractivity contribution in [3.05, 3.63) is 46.2 Å². The van der Waals surface area contributed by atoms with Gasteiger partial charge in [0.05, 0.1) is 11.1 Å². The first-order valence-corrected chi connectivity index (χ1v) is 7.02. The number of nitrogens with two attached hydrogens (primary N) is 1. The van der Waals surface area contributed by atoms with Crippen LogP contribution in [0.4, 0.5) is 0 Å². The molecule has 5 nitrogen and oxygen atoms in total. The third kappa shape index (κ3) is 2.97. The van der Waals surface area contributed by atoms with Gasteiger partial charge in [0.2, 0.25) is 5.56 Å². The zero-order valence-corrected chi connectivity index (χ0v) is 12.6. The Balaban J connectivity index is 2.47. The lowest BCUT2D eigenvalue weighted by molar-refractivity contribution is 0.0885. The Hall–Kier alpha value is -2.14. The summed E-state index contributed by atoms with van der Waals surface area (Å²) in [7, 11) is 0. The van der Waals surface area contributed by atoms with Gasteiger partial charge in [0, 0.05) is 23.5 Å². The molecule has 112 valence electrons. The van der Waals surface area contributed by atoms with Crippen LogP contribution in [-0.4, -0.2) is 23.0 Å². The van der Waals surface area contributed by atoms with Crippen molar-refractivity contribution in [1.29, 1.82) is 0 Å². The maximum atomic E-state index is 12.6. The monoisotopic (exact) mass is 287 g/mol. The lowest BCUT2D eigenvalue weighted by Gasteiger charge is -2.33. The molecule has 0 spiro atoms. The van der Waals surface area contributed by atoms with Gasteiger partial charge < -0.3 is 16.0 Å². The number of rotatable bonds is 4. The molecule has 0 bridgehead atoms. The van der Waals surface area contributed by atoms with E-state index in [1.54, 1.807) is 6.07 Å². The summed E-state index contributed by atoms with van der Waals surface area (Å²) in [5.41, 5.74) is 6.00. The number of fused-ring (bicyclic) bond motifs is 1. The Kier molecular flexibility index (Phi) is 4.14. The van der Waals surface area contributed by atoms with Crippen LogP contribution in [0.15, 0.2) is 35.1 Å². The molecule has 0 fully saturated rings. The van der Waals surface area contributed by atoms with Crippen molar-refractivity contribution in [1.82, 2.24) is 10.3 Å². The number of benzene rings is 1. The lowest BCUT2D eigenvalue weighted by atomic mass is 9.88. The minimum absolute atomic E-state index is 0.180. The van der Waals surface area contributed by atoms with E-state index in [0.29, 0.717) is 17.6 Å². The molecule has 4 N–H and O–H groups in total. The van der Waals surface area contributed by atoms with E-state index in [-0.39, 0.29) is 17.4 Å². The highest BCUT2D eigenvalue weighted by Gasteiger charge is 2.29. The Morgan fingerprint density at radius 3 is 2.67 bits per heavy atom. The number of carbonyl (C=O) groups is 1. The molecule has 0 aliphatic heterocycles. The molecule has 0 radical (unpaired) electrons. The molecule has 0 aliphatic carbocycles. The van der Waals surface area contributed by atoms with Crippen molar-refractivity contribution in [2.45, 2.75) is 26.3 Å². The van der Waals surface area contributed by atoms with Crippen LogP contribution in [0.5, 0.6) is 0 Å². The second kappa shape index (κ2) is 5.69. The second-order valence-corrected chi connectivity index (χ2v) is 5.82. The SMILES string of the molecule is CC(C)C(C)(CN)NC(=O)c1cc(=O)[nH]c2ccccc12. The second-order valence-electron chi connectivity index (χ2n) is 5.82. The van der Waals surface area contributed by atoms with Crippen LogP contribution >= 0.6 is 0 Å². The molecular formula is C16H21N3O2. The highest BCUT2D eigenvalue weighted by molar-refractivity contribution is 6.06. The van der Waals surface area contributed by atoms with E-state index in [1.165, 1.54) is 6.07 Å². The Labute approximate surface area is 123 Å². The average molecular weight is 287 g/mol. The molecule has 2 aromatic rings. The summed E-state index contributed by atoms with van der Waals surface area (Å²) in [6.07, 6.45) is 0. The number of hydrogen-bond acceptors (Lipinski definition) is 3. The van der Waals surface area contributed by atoms with Gasteiger partial charge in [-0.25, -0.2) is 0 Å². The van der Waals surface area contributed by atoms with E-state index in [1.807, 2.05) is 39.0 Å². The number of para-hydroxylation sites is 1. The third-order valence-electron chi connectivity index (χ3n) is 4.09. The van der Waals surface area contributed by atoms with Crippen molar-refractivity contribution in [2.24, 2.45) is 11.7 Å². The predicted molar refractivity (Wildman–Crippen MR) is 84.3 cm³/mol. The van der Waals surface area contributed by atoms with Gasteiger partial charge in [-0.3, -0.25) is 9.59 Å². The average Bonchev–Trinajstić information content (AvgIpc) is 2.45. The quantitative estimate of drug-likeness (QED) is 0.798. The molecule has 2 rings (SSSR count). The van der Waals surface area contributed by atoms with Crippen LogP contribution in [0.1, 0.15) is 31.1 Å². The maximum absolute atomic E-state index is 12.6. The molecule has 1 aromatic heterocycles. The number of pyridine rings is 1. The first-order chi connectivity index (χ1) is 9.87. The number of aromatic nitrogens is 1. The number of carbonyl (C=O) groups excluding carboxylic acids is 1. The number of aromatic amines is 1. The van der Waals surface area contributed by atoms with Crippen molar-refractivity contribution >= 4 is 16.8 Å². The molecule has 0 saturated heterocycles. The molecule has 0 saturated carbocycles. The molecule has 0 aliphatic rings. The molecule has 5 heteroatoms. The van der Waals surface area contributed by atoms with E-state index in [2.05, 4.69) is 10.3 Å². The van der Waals surface area contributed by atoms with Gasteiger partial charge in [0.1, 0.15) is 0 Å².